The van der Waals surface area contributed by atoms with E-state index in [1.165, 1.54) is 35.2 Å². The number of amides is 1. The maximum Gasteiger partial charge on any atom is 0.320 e. The Hall–Kier alpha value is -7.46. The molecule has 5 aromatic carbocycles. The number of benzene rings is 5. The van der Waals surface area contributed by atoms with Crippen LogP contribution in [0.15, 0.2) is 164 Å². The van der Waals surface area contributed by atoms with Crippen LogP contribution in [0, 0.1) is 5.82 Å². The van der Waals surface area contributed by atoms with Crippen LogP contribution >= 0.6 is 0 Å². The summed E-state index contributed by atoms with van der Waals surface area (Å²) in [7, 11) is 1.62. The third kappa shape index (κ3) is 15.3. The fraction of sp³-hybridized carbons (Fsp3) is 0.250. The molecule has 0 aliphatic carbocycles. The van der Waals surface area contributed by atoms with E-state index in [4.69, 9.17) is 16.2 Å². The average Bonchev–Trinajstić information content (AvgIpc) is 3.36. The first-order chi connectivity index (χ1) is 32.8. The van der Waals surface area contributed by atoms with Crippen LogP contribution in [0.4, 0.5) is 27.7 Å². The predicted octanol–water partition coefficient (Wildman–Crippen LogP) is 7.14. The summed E-state index contributed by atoms with van der Waals surface area (Å²) in [5.74, 6) is 2.41. The summed E-state index contributed by atoms with van der Waals surface area (Å²) in [5.41, 5.74) is 19.7. The van der Waals surface area contributed by atoms with Gasteiger partial charge >= 0.3 is 6.01 Å². The third-order valence-electron chi connectivity index (χ3n) is 11.3. The van der Waals surface area contributed by atoms with Crippen LogP contribution in [0.1, 0.15) is 32.6 Å². The summed E-state index contributed by atoms with van der Waals surface area (Å²) in [4.78, 5) is 37.3. The number of nitrogen functional groups attached to an aromatic ring is 1. The molecule has 1 amide bonds. The van der Waals surface area contributed by atoms with Crippen molar-refractivity contribution in [3.63, 3.8) is 0 Å². The third-order valence-corrected chi connectivity index (χ3v) is 11.3. The van der Waals surface area contributed by atoms with Crippen molar-refractivity contribution in [3.05, 3.63) is 198 Å². The zero-order valence-electron chi connectivity index (χ0n) is 37.9. The number of ether oxygens (including phenoxy) is 1. The molecule has 2 aliphatic heterocycles. The number of methoxy groups -OCH3 is 1. The molecular weight excluding hydrogens is 844 g/mol. The number of aromatic nitrogens is 4. The van der Waals surface area contributed by atoms with Crippen molar-refractivity contribution in [2.75, 3.05) is 80.4 Å². The van der Waals surface area contributed by atoms with Crippen LogP contribution in [0.2, 0.25) is 0 Å². The van der Waals surface area contributed by atoms with E-state index in [2.05, 4.69) is 129 Å². The molecule has 346 valence electrons. The lowest BCUT2D eigenvalue weighted by molar-refractivity contribution is 0.1000. The largest absolute Gasteiger partial charge is 0.467 e. The maximum atomic E-state index is 12.9. The molecule has 0 radical (unpaired) electrons. The van der Waals surface area contributed by atoms with Gasteiger partial charge in [0, 0.05) is 96.2 Å². The number of piperazine rings is 2. The number of hydrazine groups is 1. The highest BCUT2D eigenvalue weighted by Gasteiger charge is 2.21. The van der Waals surface area contributed by atoms with Gasteiger partial charge in [-0.05, 0) is 46.5 Å². The number of nitrogens with zero attached hydrogens (tertiary/aromatic N) is 9. The Morgan fingerprint density at radius 2 is 1.09 bits per heavy atom. The Morgan fingerprint density at radius 1 is 0.612 bits per heavy atom. The van der Waals surface area contributed by atoms with Gasteiger partial charge in [0.05, 0.1) is 7.11 Å². The fourth-order valence-electron chi connectivity index (χ4n) is 7.72. The molecule has 2 aliphatic rings. The molecule has 67 heavy (non-hydrogen) atoms. The summed E-state index contributed by atoms with van der Waals surface area (Å²) in [5, 5.41) is 2.17. The van der Waals surface area contributed by atoms with E-state index in [9.17, 15) is 9.18 Å². The average molecular weight is 903 g/mol. The number of primary amides is 1. The number of nitrogens with one attached hydrogen (secondary N) is 1. The zero-order valence-corrected chi connectivity index (χ0v) is 37.9. The maximum absolute atomic E-state index is 12.9. The SMILES string of the molecule is COc1nc(NN(Cc2ccccc2)Cc2ccccc2)cc(N2CCN(Cc3ccccc3)CC2)n1.NC(=O)c1ccccc1.Nc1cc(N2CCN(Cc3ccc(F)cc3)CC2)ncn1. The van der Waals surface area contributed by atoms with Crippen LogP contribution in [0.3, 0.4) is 0 Å². The highest BCUT2D eigenvalue weighted by molar-refractivity contribution is 5.92. The number of halogens is 1. The molecule has 0 bridgehead atoms. The predicted molar refractivity (Wildman–Crippen MR) is 264 cm³/mol. The number of carbonyl (C=O) groups excluding carboxylic acids is 1. The van der Waals surface area contributed by atoms with Crippen molar-refractivity contribution in [3.8, 4) is 6.01 Å². The lowest BCUT2D eigenvalue weighted by Gasteiger charge is -2.35. The van der Waals surface area contributed by atoms with Crippen molar-refractivity contribution in [2.45, 2.75) is 26.2 Å². The van der Waals surface area contributed by atoms with E-state index in [1.807, 2.05) is 36.4 Å². The summed E-state index contributed by atoms with van der Waals surface area (Å²) in [6.45, 7) is 10.8. The van der Waals surface area contributed by atoms with Crippen molar-refractivity contribution >= 4 is 29.2 Å². The van der Waals surface area contributed by atoms with Crippen molar-refractivity contribution in [2.24, 2.45) is 5.73 Å². The minimum atomic E-state index is -0.379. The normalized spacial score (nSPS) is 14.0. The van der Waals surface area contributed by atoms with Crippen molar-refractivity contribution in [1.29, 1.82) is 0 Å². The zero-order chi connectivity index (χ0) is 46.6. The molecule has 5 N–H and O–H groups in total. The smallest absolute Gasteiger partial charge is 0.320 e. The second kappa shape index (κ2) is 24.7. The molecule has 2 aromatic heterocycles. The van der Waals surface area contributed by atoms with E-state index in [0.29, 0.717) is 17.4 Å². The van der Waals surface area contributed by atoms with Crippen LogP contribution in [0.5, 0.6) is 6.01 Å². The molecule has 0 atom stereocenters. The second-order valence-corrected chi connectivity index (χ2v) is 16.2. The van der Waals surface area contributed by atoms with Crippen LogP contribution in [0.25, 0.3) is 0 Å². The summed E-state index contributed by atoms with van der Waals surface area (Å²) < 4.78 is 18.4. The first-order valence-electron chi connectivity index (χ1n) is 22.4. The lowest BCUT2D eigenvalue weighted by atomic mass is 10.2. The Kier molecular flexibility index (Phi) is 17.5. The van der Waals surface area contributed by atoms with E-state index in [-0.39, 0.29) is 11.7 Å². The number of hydrogen-bond acceptors (Lipinski definition) is 13. The van der Waals surface area contributed by atoms with Gasteiger partial charge in [0.15, 0.2) is 0 Å². The molecule has 9 rings (SSSR count). The second-order valence-electron chi connectivity index (χ2n) is 16.2. The van der Waals surface area contributed by atoms with Gasteiger partial charge < -0.3 is 31.4 Å². The highest BCUT2D eigenvalue weighted by Crippen LogP contribution is 2.23. The number of nitrogens with two attached hydrogens (primary N) is 2. The van der Waals surface area contributed by atoms with Crippen molar-refractivity contribution in [1.82, 2.24) is 34.7 Å². The molecule has 4 heterocycles. The molecule has 14 nitrogen and oxygen atoms in total. The van der Waals surface area contributed by atoms with Crippen molar-refractivity contribution < 1.29 is 13.9 Å². The Labute approximate surface area is 392 Å². The summed E-state index contributed by atoms with van der Waals surface area (Å²) in [6.07, 6.45) is 1.50. The number of carbonyl (C=O) groups is 1. The van der Waals surface area contributed by atoms with Crippen LogP contribution < -0.4 is 31.4 Å². The molecule has 2 fully saturated rings. The Morgan fingerprint density at radius 3 is 1.57 bits per heavy atom. The first-order valence-corrected chi connectivity index (χ1v) is 22.4. The molecule has 0 spiro atoms. The fourth-order valence-corrected chi connectivity index (χ4v) is 7.72. The molecule has 7 aromatic rings. The number of hydrogen-bond donors (Lipinski definition) is 3. The van der Waals surface area contributed by atoms with Gasteiger partial charge in [0.25, 0.3) is 0 Å². The van der Waals surface area contributed by atoms with Gasteiger partial charge in [0.2, 0.25) is 5.91 Å². The summed E-state index contributed by atoms with van der Waals surface area (Å²) in [6, 6.07) is 51.2. The van der Waals surface area contributed by atoms with Gasteiger partial charge in [-0.3, -0.25) is 14.6 Å². The molecule has 0 unspecified atom stereocenters. The van der Waals surface area contributed by atoms with Gasteiger partial charge in [0.1, 0.15) is 35.4 Å². The standard InChI is InChI=1S/C30H34N6O.C15H18FN5.C7H7NO/c1-37-30-31-28(33-36(23-26-13-7-3-8-14-26)24-27-15-9-4-10-16-27)21-29(32-30)35-19-17-34(18-20-35)22-25-11-5-2-6-12-25;16-13-3-1-12(2-4-13)10-20-5-7-21(8-6-20)15-9-14(17)18-11-19-15;8-7(9)6-4-2-1-3-5-6/h2-16,21H,17-20,22-24H2,1H3,(H,31,32,33);1-4,9,11H,5-8,10H2,(H2,17,18,19);1-5H,(H2,8,9). The van der Waals surface area contributed by atoms with Crippen LogP contribution in [-0.4, -0.2) is 100 Å². The minimum absolute atomic E-state index is 0.190. The Bertz CT molecular complexity index is 2490. The lowest BCUT2D eigenvalue weighted by Crippen LogP contribution is -2.46. The highest BCUT2D eigenvalue weighted by atomic mass is 19.1. The van der Waals surface area contributed by atoms with Crippen LogP contribution in [-0.2, 0) is 26.2 Å². The monoisotopic (exact) mass is 902 g/mol. The molecule has 2 saturated heterocycles. The Balaban J connectivity index is 0.000000184. The topological polar surface area (TPSA) is 158 Å². The number of anilines is 4. The van der Waals surface area contributed by atoms with E-state index >= 15 is 0 Å². The summed E-state index contributed by atoms with van der Waals surface area (Å²) >= 11 is 0. The molecule has 0 saturated carbocycles. The van der Waals surface area contributed by atoms with E-state index in [0.717, 1.165) is 102 Å². The van der Waals surface area contributed by atoms with E-state index < -0.39 is 0 Å². The van der Waals surface area contributed by atoms with Gasteiger partial charge in [-0.2, -0.15) is 9.97 Å². The quantitative estimate of drug-likeness (QED) is 0.0948. The first kappa shape index (κ1) is 47.5. The minimum Gasteiger partial charge on any atom is -0.467 e. The number of rotatable bonds is 14. The molecule has 15 heteroatoms. The molecular formula is C52H59FN12O2. The van der Waals surface area contributed by atoms with Gasteiger partial charge in [-0.25, -0.2) is 19.4 Å². The van der Waals surface area contributed by atoms with E-state index in [1.54, 1.807) is 37.4 Å². The van der Waals surface area contributed by atoms with Gasteiger partial charge in [-0.1, -0.05) is 121 Å². The van der Waals surface area contributed by atoms with Gasteiger partial charge in [-0.15, -0.1) is 0 Å².